The number of carbonyl (C=O) groups excluding carboxylic acids is 4. The molecular formula is C40H65N2NaO17. The van der Waals surface area contributed by atoms with Crippen molar-refractivity contribution < 1.29 is 113 Å². The van der Waals surface area contributed by atoms with Crippen LogP contribution in [0.3, 0.4) is 0 Å². The molecule has 0 spiro atoms. The van der Waals surface area contributed by atoms with E-state index in [0.29, 0.717) is 19.3 Å². The van der Waals surface area contributed by atoms with Crippen LogP contribution in [0.5, 0.6) is 0 Å². The molecule has 0 aromatic carbocycles. The van der Waals surface area contributed by atoms with Gasteiger partial charge in [-0.05, 0) is 50.9 Å². The number of rotatable bonds is 21. The number of aliphatic hydroxyl groups is 5. The zero-order valence-electron chi connectivity index (χ0n) is 35.2. The molecule has 60 heavy (non-hydrogen) atoms. The fraction of sp³-hybridized carbons (Fsp3) is 0.875. The van der Waals surface area contributed by atoms with Gasteiger partial charge in [-0.3, -0.25) is 19.2 Å². The summed E-state index contributed by atoms with van der Waals surface area (Å²) in [6, 6.07) is -1.34. The van der Waals surface area contributed by atoms with Crippen molar-refractivity contribution in [2.24, 2.45) is 17.8 Å². The fourth-order valence-electron chi connectivity index (χ4n) is 8.80. The number of aliphatic carboxylic acids is 2. The van der Waals surface area contributed by atoms with E-state index in [1.165, 1.54) is 13.8 Å². The van der Waals surface area contributed by atoms with Crippen LogP contribution in [0.1, 0.15) is 111 Å². The van der Waals surface area contributed by atoms with E-state index in [4.69, 9.17) is 28.8 Å². The van der Waals surface area contributed by atoms with Crippen LogP contribution in [0.25, 0.3) is 0 Å². The molecule has 0 bridgehead atoms. The van der Waals surface area contributed by atoms with E-state index in [-0.39, 0.29) is 92.2 Å². The van der Waals surface area contributed by atoms with Crippen LogP contribution in [0.15, 0.2) is 0 Å². The van der Waals surface area contributed by atoms with Gasteiger partial charge in [-0.25, -0.2) is 0 Å². The molecule has 2 heterocycles. The second-order valence-corrected chi connectivity index (χ2v) is 16.6. The minimum Gasteiger partial charge on any atom is -0.547 e. The van der Waals surface area contributed by atoms with Gasteiger partial charge in [0.05, 0.1) is 37.0 Å². The predicted octanol–water partition coefficient (Wildman–Crippen LogP) is -4.20. The predicted molar refractivity (Wildman–Crippen MR) is 202 cm³/mol. The summed E-state index contributed by atoms with van der Waals surface area (Å²) in [5.41, 5.74) is 0. The zero-order valence-corrected chi connectivity index (χ0v) is 37.2. The van der Waals surface area contributed by atoms with Gasteiger partial charge in [0.1, 0.15) is 48.4 Å². The topological polar surface area (TPSA) is 300 Å². The molecule has 20 heteroatoms. The second-order valence-electron chi connectivity index (χ2n) is 16.6. The number of carboxylic acids is 2. The van der Waals surface area contributed by atoms with Crippen LogP contribution in [0.2, 0.25) is 0 Å². The van der Waals surface area contributed by atoms with Gasteiger partial charge >= 0.3 is 35.5 Å². The van der Waals surface area contributed by atoms with Gasteiger partial charge in [-0.2, -0.15) is 0 Å². The first-order valence-electron chi connectivity index (χ1n) is 21.1. The van der Waals surface area contributed by atoms with Crippen molar-refractivity contribution in [1.82, 2.24) is 10.6 Å². The van der Waals surface area contributed by atoms with Crippen molar-refractivity contribution in [1.29, 1.82) is 0 Å². The van der Waals surface area contributed by atoms with Crippen LogP contribution in [-0.2, 0) is 47.7 Å². The Morgan fingerprint density at radius 2 is 1.55 bits per heavy atom. The van der Waals surface area contributed by atoms with Crippen molar-refractivity contribution in [3.63, 3.8) is 0 Å². The summed E-state index contributed by atoms with van der Waals surface area (Å²) in [5.74, 6) is -4.61. The van der Waals surface area contributed by atoms with Gasteiger partial charge in [-0.1, -0.05) is 45.4 Å². The third-order valence-electron chi connectivity index (χ3n) is 12.1. The molecule has 2 saturated heterocycles. The quantitative estimate of drug-likeness (QED) is 0.0401. The average molecular weight is 869 g/mol. The number of amides is 2. The Bertz CT molecular complexity index is 1390. The molecule has 4 rings (SSSR count). The number of nitrogens with one attached hydrogen (secondary N) is 2. The van der Waals surface area contributed by atoms with E-state index in [0.717, 1.165) is 32.1 Å². The minimum absolute atomic E-state index is 0. The maximum atomic E-state index is 13.8. The molecule has 0 radical (unpaired) electrons. The van der Waals surface area contributed by atoms with E-state index in [1.807, 2.05) is 6.92 Å². The number of Topliss-reactive ketones (excluding diaryl/α,β-unsaturated/α-hetero) is 1. The molecule has 2 aliphatic carbocycles. The van der Waals surface area contributed by atoms with Gasteiger partial charge < -0.3 is 74.9 Å². The molecule has 0 aromatic heterocycles. The molecule has 8 N–H and O–H groups in total. The molecule has 2 saturated carbocycles. The standard InChI is InChI=1S/C40H66N2O17.Na/c1-4-23-17-24(25(45)12-9-15-41-29(46)13-8-14-30(47)48)18-26(36(23)59-40-35(52)34(51)32(49)20(2)55-40)57-39-31(42-21(3)44)37(33(50)28(19-43)58-39)56-27(38(53)54)16-22-10-6-5-7-11-22;/h20,22-24,26-28,31-37,39-40,43,49-52H,4-19H2,1-3H3,(H,41,46)(H,42,44)(H,47,48)(H,53,54);/q;+1/p-1/t20?,23?,24?,26-,27+,28+,31?,32-,33+,34+,35?,36-,37?,39-,40+;/m1./s1. The Morgan fingerprint density at radius 1 is 0.850 bits per heavy atom. The average Bonchev–Trinajstić information content (AvgIpc) is 3.19. The Kier molecular flexibility index (Phi) is 22.3. The van der Waals surface area contributed by atoms with Gasteiger partial charge in [0.15, 0.2) is 12.6 Å². The first kappa shape index (κ1) is 52.5. The summed E-state index contributed by atoms with van der Waals surface area (Å²) < 4.78 is 30.9. The molecule has 19 nitrogen and oxygen atoms in total. The van der Waals surface area contributed by atoms with E-state index in [9.17, 15) is 54.6 Å². The number of carboxylic acid groups (broad SMARTS) is 2. The van der Waals surface area contributed by atoms with Crippen molar-refractivity contribution in [3.05, 3.63) is 0 Å². The molecule has 6 unspecified atom stereocenters. The maximum Gasteiger partial charge on any atom is 1.00 e. The smallest absolute Gasteiger partial charge is 0.547 e. The normalized spacial score (nSPS) is 35.4. The van der Waals surface area contributed by atoms with Crippen molar-refractivity contribution >= 4 is 29.5 Å². The monoisotopic (exact) mass is 868 g/mol. The number of ketones is 1. The van der Waals surface area contributed by atoms with Crippen molar-refractivity contribution in [2.75, 3.05) is 13.2 Å². The molecule has 338 valence electrons. The summed E-state index contributed by atoms with van der Waals surface area (Å²) in [6.45, 7) is 4.00. The van der Waals surface area contributed by atoms with Crippen LogP contribution in [-0.4, -0.2) is 153 Å². The largest absolute Gasteiger partial charge is 1.00 e. The molecule has 2 amide bonds. The summed E-state index contributed by atoms with van der Waals surface area (Å²) in [6.07, 6.45) is -10.7. The number of hydrogen-bond acceptors (Lipinski definition) is 16. The van der Waals surface area contributed by atoms with E-state index < -0.39 is 116 Å². The molecule has 4 fully saturated rings. The molecule has 15 atom stereocenters. The number of aliphatic hydroxyl groups excluding tert-OH is 5. The van der Waals surface area contributed by atoms with Gasteiger partial charge in [0, 0.05) is 38.6 Å². The van der Waals surface area contributed by atoms with E-state index in [1.54, 1.807) is 0 Å². The Labute approximate surface area is 372 Å². The first-order valence-corrected chi connectivity index (χ1v) is 21.1. The van der Waals surface area contributed by atoms with Crippen LogP contribution in [0, 0.1) is 17.8 Å². The number of carbonyl (C=O) groups is 5. The Balaban J connectivity index is 0.00000961. The third kappa shape index (κ3) is 14.9. The Hall–Kier alpha value is -1.85. The number of hydrogen-bond donors (Lipinski definition) is 8. The number of ether oxygens (including phenoxy) is 5. The third-order valence-corrected chi connectivity index (χ3v) is 12.1. The van der Waals surface area contributed by atoms with Gasteiger partial charge in [-0.15, -0.1) is 0 Å². The van der Waals surface area contributed by atoms with Crippen LogP contribution < -0.4 is 45.3 Å². The van der Waals surface area contributed by atoms with Crippen molar-refractivity contribution in [2.45, 2.75) is 190 Å². The van der Waals surface area contributed by atoms with Crippen LogP contribution >= 0.6 is 0 Å². The minimum atomic E-state index is -1.67. The van der Waals surface area contributed by atoms with Crippen molar-refractivity contribution in [3.8, 4) is 0 Å². The first-order chi connectivity index (χ1) is 28.0. The molecule has 0 aromatic rings. The maximum absolute atomic E-state index is 13.8. The SMILES string of the molecule is CCC1CC(C(=O)CCCNC(=O)CCCC(=O)O)C[C@@H](O[C@@H]2O[C@@H](CO)[C@H](O)C(O[C@@H](CC3CCCCC3)C(=O)[O-])C2NC(C)=O)[C@@H]1O[C@@H]1OC(C)[C@@H](O)[C@H](O)C1O.[Na+]. The summed E-state index contributed by atoms with van der Waals surface area (Å²) in [4.78, 5) is 61.8. The molecular weight excluding hydrogens is 803 g/mol. The fourth-order valence-corrected chi connectivity index (χ4v) is 8.80. The summed E-state index contributed by atoms with van der Waals surface area (Å²) in [5, 5.41) is 80.1. The zero-order chi connectivity index (χ0) is 43.4. The van der Waals surface area contributed by atoms with Crippen LogP contribution in [0.4, 0.5) is 0 Å². The molecule has 4 aliphatic rings. The second kappa shape index (κ2) is 25.4. The van der Waals surface area contributed by atoms with E-state index >= 15 is 0 Å². The Morgan fingerprint density at radius 3 is 2.17 bits per heavy atom. The van der Waals surface area contributed by atoms with Gasteiger partial charge in [0.25, 0.3) is 0 Å². The van der Waals surface area contributed by atoms with Gasteiger partial charge in [0.2, 0.25) is 11.8 Å². The summed E-state index contributed by atoms with van der Waals surface area (Å²) in [7, 11) is 0. The van der Waals surface area contributed by atoms with E-state index in [2.05, 4.69) is 10.6 Å². The summed E-state index contributed by atoms with van der Waals surface area (Å²) >= 11 is 0. The molecule has 2 aliphatic heterocycles.